The van der Waals surface area contributed by atoms with E-state index in [2.05, 4.69) is 18.8 Å². The summed E-state index contributed by atoms with van der Waals surface area (Å²) in [6, 6.07) is 14.1. The highest BCUT2D eigenvalue weighted by atomic mass is 35.5. The molecule has 0 aliphatic carbocycles. The summed E-state index contributed by atoms with van der Waals surface area (Å²) in [5.41, 5.74) is 1.19. The second-order valence-corrected chi connectivity index (χ2v) is 8.88. The average molecular weight is 483 g/mol. The summed E-state index contributed by atoms with van der Waals surface area (Å²) in [4.78, 5) is 31.0. The monoisotopic (exact) mass is 482 g/mol. The topological polar surface area (TPSA) is 81.9 Å². The molecule has 0 saturated carbocycles. The van der Waals surface area contributed by atoms with E-state index >= 15 is 0 Å². The predicted molar refractivity (Wildman–Crippen MR) is 128 cm³/mol. The molecule has 7 nitrogen and oxygen atoms in total. The molecular weight excluding hydrogens is 456 g/mol. The minimum atomic E-state index is -0.509. The van der Waals surface area contributed by atoms with Crippen molar-refractivity contribution < 1.29 is 23.5 Å². The van der Waals surface area contributed by atoms with Gasteiger partial charge in [0.1, 0.15) is 5.75 Å². The molecule has 0 N–H and O–H groups in total. The van der Waals surface area contributed by atoms with Crippen LogP contribution in [0.1, 0.15) is 49.4 Å². The van der Waals surface area contributed by atoms with Crippen LogP contribution in [0.4, 0.5) is 0 Å². The maximum atomic E-state index is 12.6. The van der Waals surface area contributed by atoms with Gasteiger partial charge in [-0.1, -0.05) is 11.6 Å². The lowest BCUT2D eigenvalue weighted by Gasteiger charge is -2.38. The molecule has 1 amide bonds. The van der Waals surface area contributed by atoms with E-state index in [-0.39, 0.29) is 37.1 Å². The molecule has 2 unspecified atom stereocenters. The van der Waals surface area contributed by atoms with Gasteiger partial charge in [-0.15, -0.1) is 0 Å². The molecular formula is C26H27ClN2O5. The number of carbonyl (C=O) groups excluding carboxylic acids is 2. The van der Waals surface area contributed by atoms with Gasteiger partial charge in [0.2, 0.25) is 5.89 Å². The molecule has 0 spiro atoms. The quantitative estimate of drug-likeness (QED) is 0.412. The third-order valence-electron chi connectivity index (χ3n) is 5.94. The number of piperidine rings is 1. The van der Waals surface area contributed by atoms with Gasteiger partial charge in [0.05, 0.1) is 11.8 Å². The number of likely N-dealkylation sites (tertiary alicyclic amines) is 1. The first-order valence-corrected chi connectivity index (χ1v) is 11.7. The molecule has 2 aromatic carbocycles. The minimum absolute atomic E-state index is 0.0212. The van der Waals surface area contributed by atoms with E-state index in [0.29, 0.717) is 22.1 Å². The van der Waals surface area contributed by atoms with Crippen LogP contribution in [0.15, 0.2) is 59.1 Å². The van der Waals surface area contributed by atoms with Crippen LogP contribution in [0, 0.1) is 0 Å². The Morgan fingerprint density at radius 3 is 2.41 bits per heavy atom. The second-order valence-electron chi connectivity index (χ2n) is 8.44. The van der Waals surface area contributed by atoms with E-state index in [0.717, 1.165) is 24.8 Å². The normalized spacial score (nSPS) is 17.9. The molecule has 1 saturated heterocycles. The van der Waals surface area contributed by atoms with Gasteiger partial charge in [0.25, 0.3) is 5.91 Å². The Balaban J connectivity index is 1.27. The second kappa shape index (κ2) is 10.7. The maximum absolute atomic E-state index is 12.6. The van der Waals surface area contributed by atoms with Crippen molar-refractivity contribution >= 4 is 23.5 Å². The summed E-state index contributed by atoms with van der Waals surface area (Å²) in [7, 11) is 0. The fraction of sp³-hybridized carbons (Fsp3) is 0.346. The molecule has 178 valence electrons. The standard InChI is InChI=1S/C26H27ClN2O5/c1-17-4-3-5-18(2)29(17)25(30)16-32-22-12-8-20(9-13-22)26(31)33-15-24-28-14-23(34-24)19-6-10-21(27)11-7-19/h6-14,17-18H,3-5,15-16H2,1-2H3. The molecule has 34 heavy (non-hydrogen) atoms. The van der Waals surface area contributed by atoms with Crippen molar-refractivity contribution in [2.45, 2.75) is 51.8 Å². The number of oxazole rings is 1. The first-order chi connectivity index (χ1) is 16.4. The number of hydrogen-bond donors (Lipinski definition) is 0. The van der Waals surface area contributed by atoms with Gasteiger partial charge in [0, 0.05) is 22.7 Å². The van der Waals surface area contributed by atoms with E-state index < -0.39 is 5.97 Å². The number of ether oxygens (including phenoxy) is 2. The summed E-state index contributed by atoms with van der Waals surface area (Å²) in [6.45, 7) is 4.03. The minimum Gasteiger partial charge on any atom is -0.484 e. The molecule has 1 aliphatic heterocycles. The number of benzene rings is 2. The molecule has 0 bridgehead atoms. The summed E-state index contributed by atoms with van der Waals surface area (Å²) in [5, 5.41) is 0.631. The van der Waals surface area contributed by atoms with Crippen LogP contribution < -0.4 is 4.74 Å². The summed E-state index contributed by atoms with van der Waals surface area (Å²) >= 11 is 5.90. The molecule has 1 aliphatic rings. The first-order valence-electron chi connectivity index (χ1n) is 11.3. The Kier molecular flexibility index (Phi) is 7.53. The zero-order valence-corrected chi connectivity index (χ0v) is 20.0. The average Bonchev–Trinajstić information content (AvgIpc) is 3.31. The highest BCUT2D eigenvalue weighted by molar-refractivity contribution is 6.30. The molecule has 2 heterocycles. The number of hydrogen-bond acceptors (Lipinski definition) is 6. The van der Waals surface area contributed by atoms with Crippen molar-refractivity contribution in [1.82, 2.24) is 9.88 Å². The molecule has 3 aromatic rings. The lowest BCUT2D eigenvalue weighted by molar-refractivity contribution is -0.139. The van der Waals surface area contributed by atoms with Crippen molar-refractivity contribution in [3.63, 3.8) is 0 Å². The van der Waals surface area contributed by atoms with Gasteiger partial charge in [-0.05, 0) is 81.6 Å². The number of nitrogens with zero attached hydrogens (tertiary/aromatic N) is 2. The van der Waals surface area contributed by atoms with Gasteiger partial charge >= 0.3 is 5.97 Å². The van der Waals surface area contributed by atoms with E-state index in [1.54, 1.807) is 42.6 Å². The van der Waals surface area contributed by atoms with Crippen molar-refractivity contribution in [2.75, 3.05) is 6.61 Å². The molecule has 8 heteroatoms. The Morgan fingerprint density at radius 1 is 1.06 bits per heavy atom. The van der Waals surface area contributed by atoms with Crippen LogP contribution in [0.25, 0.3) is 11.3 Å². The molecule has 0 radical (unpaired) electrons. The van der Waals surface area contributed by atoms with Crippen molar-refractivity contribution in [1.29, 1.82) is 0 Å². The lowest BCUT2D eigenvalue weighted by Crippen LogP contribution is -2.49. The number of aromatic nitrogens is 1. The van der Waals surface area contributed by atoms with Crippen LogP contribution in [-0.2, 0) is 16.1 Å². The molecule has 1 aromatic heterocycles. The van der Waals surface area contributed by atoms with Gasteiger partial charge in [-0.3, -0.25) is 4.79 Å². The van der Waals surface area contributed by atoms with E-state index in [1.165, 1.54) is 0 Å². The maximum Gasteiger partial charge on any atom is 0.338 e. The van der Waals surface area contributed by atoms with E-state index in [9.17, 15) is 9.59 Å². The van der Waals surface area contributed by atoms with Crippen molar-refractivity contribution in [3.05, 3.63) is 71.2 Å². The lowest BCUT2D eigenvalue weighted by atomic mass is 9.97. The molecule has 4 rings (SSSR count). The van der Waals surface area contributed by atoms with Crippen LogP contribution in [0.2, 0.25) is 5.02 Å². The fourth-order valence-corrected chi connectivity index (χ4v) is 4.28. The van der Waals surface area contributed by atoms with Gasteiger partial charge < -0.3 is 18.8 Å². The van der Waals surface area contributed by atoms with Gasteiger partial charge in [-0.25, -0.2) is 9.78 Å². The van der Waals surface area contributed by atoms with E-state index in [4.69, 9.17) is 25.5 Å². The third kappa shape index (κ3) is 5.78. The number of carbonyl (C=O) groups is 2. The number of esters is 1. The van der Waals surface area contributed by atoms with Crippen LogP contribution in [-0.4, -0.2) is 40.5 Å². The van der Waals surface area contributed by atoms with Gasteiger partial charge in [-0.2, -0.15) is 0 Å². The van der Waals surface area contributed by atoms with E-state index in [1.807, 2.05) is 17.0 Å². The fourth-order valence-electron chi connectivity index (χ4n) is 4.15. The highest BCUT2D eigenvalue weighted by Crippen LogP contribution is 2.24. The van der Waals surface area contributed by atoms with Crippen LogP contribution >= 0.6 is 11.6 Å². The zero-order chi connectivity index (χ0) is 24.1. The zero-order valence-electron chi connectivity index (χ0n) is 19.2. The Labute approximate surface area is 203 Å². The summed E-state index contributed by atoms with van der Waals surface area (Å²) < 4.78 is 16.6. The Hall–Kier alpha value is -3.32. The Bertz CT molecular complexity index is 1120. The third-order valence-corrected chi connectivity index (χ3v) is 6.19. The summed E-state index contributed by atoms with van der Waals surface area (Å²) in [5.74, 6) is 0.838. The van der Waals surface area contributed by atoms with Gasteiger partial charge in [0.15, 0.2) is 19.0 Å². The van der Waals surface area contributed by atoms with Crippen molar-refractivity contribution in [3.8, 4) is 17.1 Å². The largest absolute Gasteiger partial charge is 0.484 e. The first kappa shape index (κ1) is 23.8. The smallest absolute Gasteiger partial charge is 0.338 e. The number of rotatable bonds is 7. The van der Waals surface area contributed by atoms with Crippen LogP contribution in [0.5, 0.6) is 5.75 Å². The van der Waals surface area contributed by atoms with Crippen molar-refractivity contribution in [2.24, 2.45) is 0 Å². The molecule has 2 atom stereocenters. The predicted octanol–water partition coefficient (Wildman–Crippen LogP) is 5.52. The SMILES string of the molecule is CC1CCCC(C)N1C(=O)COc1ccc(C(=O)OCc2ncc(-c3ccc(Cl)cc3)o2)cc1. The molecule has 1 fully saturated rings. The number of amides is 1. The highest BCUT2D eigenvalue weighted by Gasteiger charge is 2.29. The van der Waals surface area contributed by atoms with Crippen LogP contribution in [0.3, 0.4) is 0 Å². The number of halogens is 1. The Morgan fingerprint density at radius 2 is 1.74 bits per heavy atom. The summed E-state index contributed by atoms with van der Waals surface area (Å²) in [6.07, 6.45) is 4.75.